The highest BCUT2D eigenvalue weighted by Gasteiger charge is 2.82. The maximum Gasteiger partial charge on any atom is 0.439 e. The Balaban J connectivity index is 3.37. The van der Waals surface area contributed by atoms with Crippen LogP contribution < -0.4 is 5.32 Å². The van der Waals surface area contributed by atoms with Gasteiger partial charge < -0.3 is 5.32 Å². The highest BCUT2D eigenvalue weighted by Crippen LogP contribution is 2.51. The molecule has 1 aliphatic heterocycles. The van der Waals surface area contributed by atoms with Crippen LogP contribution in [0.4, 0.5) is 26.3 Å². The topological polar surface area (TPSA) is 104 Å². The van der Waals surface area contributed by atoms with Crippen molar-refractivity contribution in [2.75, 3.05) is 26.2 Å². The van der Waals surface area contributed by atoms with Crippen molar-refractivity contribution >= 4 is 20.1 Å². The number of nitrogens with zero attached hydrogens (tertiary/aromatic N) is 1. The first-order valence-corrected chi connectivity index (χ1v) is 8.29. The van der Waals surface area contributed by atoms with Crippen LogP contribution >= 0.6 is 0 Å². The zero-order chi connectivity index (χ0) is 17.6. The van der Waals surface area contributed by atoms with Crippen molar-refractivity contribution in [3.63, 3.8) is 0 Å². The quantitative estimate of drug-likeness (QED) is 0.511. The van der Waals surface area contributed by atoms with Crippen LogP contribution in [-0.2, 0) is 20.1 Å². The second-order valence-electron chi connectivity index (χ2n) is 4.24. The minimum Gasteiger partial charge on any atom is -0.314 e. The Bertz CT molecular complexity index is 628. The smallest absolute Gasteiger partial charge is 0.314 e. The molecule has 2 N–H and O–H groups in total. The van der Waals surface area contributed by atoms with Gasteiger partial charge >= 0.3 is 26.5 Å². The van der Waals surface area contributed by atoms with E-state index in [-0.39, 0.29) is 17.4 Å². The molecule has 0 radical (unpaired) electrons. The third-order valence-electron chi connectivity index (χ3n) is 2.79. The van der Waals surface area contributed by atoms with Gasteiger partial charge in [0.1, 0.15) is 0 Å². The Morgan fingerprint density at radius 3 is 1.64 bits per heavy atom. The fourth-order valence-electron chi connectivity index (χ4n) is 1.54. The third-order valence-corrected chi connectivity index (χ3v) is 5.65. The lowest BCUT2D eigenvalue weighted by Crippen LogP contribution is -2.64. The predicted octanol–water partition coefficient (Wildman–Crippen LogP) is -0.0699. The molecule has 22 heavy (non-hydrogen) atoms. The molecular weight excluding hydrogens is 370 g/mol. The van der Waals surface area contributed by atoms with E-state index in [0.29, 0.717) is 0 Å². The molecule has 1 fully saturated rings. The Morgan fingerprint density at radius 2 is 1.27 bits per heavy atom. The molecule has 1 aliphatic rings. The maximum absolute atomic E-state index is 13.5. The highest BCUT2D eigenvalue weighted by atomic mass is 32.2. The van der Waals surface area contributed by atoms with Gasteiger partial charge in [-0.1, -0.05) is 0 Å². The van der Waals surface area contributed by atoms with Crippen LogP contribution in [0, 0.1) is 0 Å². The van der Waals surface area contributed by atoms with Crippen molar-refractivity contribution in [1.82, 2.24) is 9.62 Å². The number of piperazine rings is 1. The van der Waals surface area contributed by atoms with Crippen LogP contribution in [0.1, 0.15) is 0 Å². The van der Waals surface area contributed by atoms with Gasteiger partial charge in [0.15, 0.2) is 0 Å². The highest BCUT2D eigenvalue weighted by molar-refractivity contribution is 7.90. The molecule has 0 saturated carbocycles. The summed E-state index contributed by atoms with van der Waals surface area (Å²) in [4.78, 5) is 0. The zero-order valence-corrected chi connectivity index (χ0v) is 12.1. The van der Waals surface area contributed by atoms with Crippen LogP contribution in [0.2, 0.25) is 0 Å². The van der Waals surface area contributed by atoms with Gasteiger partial charge in [0, 0.05) is 26.2 Å². The number of halogens is 6. The standard InChI is InChI=1S/C7H10F6N2O5S2/c8-5(9,7(12,13)22(18,19)20)6(10,11)21(16,17)15-3-1-14-2-4-15/h14H,1-4H2,(H,18,19,20). The summed E-state index contributed by atoms with van der Waals surface area (Å²) in [6.45, 7) is -1.80. The number of rotatable bonds is 5. The minimum absolute atomic E-state index is 0.169. The fraction of sp³-hybridized carbons (Fsp3) is 1.00. The summed E-state index contributed by atoms with van der Waals surface area (Å²) in [6, 6.07) is 0. The second kappa shape index (κ2) is 5.47. The molecule has 0 aromatic carbocycles. The molecule has 0 bridgehead atoms. The van der Waals surface area contributed by atoms with Gasteiger partial charge in [0.25, 0.3) is 10.0 Å². The Labute approximate surface area is 121 Å². The van der Waals surface area contributed by atoms with Crippen molar-refractivity contribution in [1.29, 1.82) is 0 Å². The van der Waals surface area contributed by atoms with Crippen LogP contribution in [-0.4, -0.2) is 68.3 Å². The van der Waals surface area contributed by atoms with Gasteiger partial charge in [-0.15, -0.1) is 0 Å². The first-order valence-electron chi connectivity index (χ1n) is 5.41. The molecule has 0 amide bonds. The molecule has 132 valence electrons. The maximum atomic E-state index is 13.5. The number of nitrogens with one attached hydrogen (secondary N) is 1. The number of alkyl halides is 6. The summed E-state index contributed by atoms with van der Waals surface area (Å²) in [5.74, 6) is -6.89. The molecule has 0 spiro atoms. The van der Waals surface area contributed by atoms with Crippen molar-refractivity contribution < 1.29 is 47.7 Å². The average molecular weight is 380 g/mol. The minimum atomic E-state index is -6.99. The predicted molar refractivity (Wildman–Crippen MR) is 59.8 cm³/mol. The molecule has 1 saturated heterocycles. The van der Waals surface area contributed by atoms with Gasteiger partial charge in [-0.3, -0.25) is 4.55 Å². The van der Waals surface area contributed by atoms with E-state index >= 15 is 0 Å². The Kier molecular flexibility index (Phi) is 4.82. The lowest BCUT2D eigenvalue weighted by Gasteiger charge is -2.35. The number of hydrogen-bond acceptors (Lipinski definition) is 5. The molecule has 0 unspecified atom stereocenters. The third kappa shape index (κ3) is 2.68. The van der Waals surface area contributed by atoms with E-state index in [1.54, 1.807) is 0 Å². The molecule has 1 heterocycles. The Morgan fingerprint density at radius 1 is 0.864 bits per heavy atom. The molecule has 0 aliphatic carbocycles. The van der Waals surface area contributed by atoms with Crippen molar-refractivity contribution in [3.8, 4) is 0 Å². The zero-order valence-electron chi connectivity index (χ0n) is 10.4. The molecule has 0 aromatic heterocycles. The lowest BCUT2D eigenvalue weighted by molar-refractivity contribution is -0.246. The largest absolute Gasteiger partial charge is 0.439 e. The summed E-state index contributed by atoms with van der Waals surface area (Å²) in [5.41, 5.74) is 0. The summed E-state index contributed by atoms with van der Waals surface area (Å²) < 4.78 is 131. The molecule has 7 nitrogen and oxygen atoms in total. The first-order chi connectivity index (χ1) is 9.61. The summed E-state index contributed by atoms with van der Waals surface area (Å²) in [7, 11) is -13.3. The van der Waals surface area contributed by atoms with E-state index in [4.69, 9.17) is 4.55 Å². The van der Waals surface area contributed by atoms with Crippen molar-refractivity contribution in [3.05, 3.63) is 0 Å². The van der Waals surface area contributed by atoms with Crippen molar-refractivity contribution in [2.24, 2.45) is 0 Å². The van der Waals surface area contributed by atoms with Crippen molar-refractivity contribution in [2.45, 2.75) is 16.4 Å². The molecule has 1 rings (SSSR count). The van der Waals surface area contributed by atoms with Crippen LogP contribution in [0.15, 0.2) is 0 Å². The first kappa shape index (κ1) is 19.4. The number of hydrogen-bond donors (Lipinski definition) is 2. The van der Waals surface area contributed by atoms with E-state index in [2.05, 4.69) is 5.32 Å². The monoisotopic (exact) mass is 380 g/mol. The SMILES string of the molecule is O=S(=O)(O)C(F)(F)C(F)(F)C(F)(F)S(=O)(=O)N1CCNCC1. The fourth-order valence-corrected chi connectivity index (χ4v) is 3.50. The molecule has 0 atom stereocenters. The van der Waals surface area contributed by atoms with Crippen LogP contribution in [0.25, 0.3) is 0 Å². The average Bonchev–Trinajstić information content (AvgIpc) is 2.37. The van der Waals surface area contributed by atoms with Crippen LogP contribution in [0.3, 0.4) is 0 Å². The second-order valence-corrected chi connectivity index (χ2v) is 7.68. The van der Waals surface area contributed by atoms with E-state index in [0.717, 1.165) is 0 Å². The number of sulfonamides is 1. The summed E-state index contributed by atoms with van der Waals surface area (Å²) >= 11 is 0. The van der Waals surface area contributed by atoms with Gasteiger partial charge in [-0.05, 0) is 0 Å². The summed E-state index contributed by atoms with van der Waals surface area (Å²) in [5, 5.41) is -10.7. The van der Waals surface area contributed by atoms with Gasteiger partial charge in [0.2, 0.25) is 0 Å². The Hall–Kier alpha value is -0.640. The molecule has 0 aromatic rings. The van der Waals surface area contributed by atoms with Gasteiger partial charge in [-0.25, -0.2) is 8.42 Å². The van der Waals surface area contributed by atoms with E-state index in [9.17, 15) is 43.2 Å². The summed E-state index contributed by atoms with van der Waals surface area (Å²) in [6.07, 6.45) is 0. The van der Waals surface area contributed by atoms with E-state index in [1.807, 2.05) is 0 Å². The van der Waals surface area contributed by atoms with Crippen LogP contribution in [0.5, 0.6) is 0 Å². The molecular formula is C7H10F6N2O5S2. The van der Waals surface area contributed by atoms with Gasteiger partial charge in [-0.2, -0.15) is 39.1 Å². The molecule has 15 heteroatoms. The van der Waals surface area contributed by atoms with E-state index in [1.165, 1.54) is 0 Å². The van der Waals surface area contributed by atoms with E-state index < -0.39 is 49.7 Å². The normalized spacial score (nSPS) is 20.1. The van der Waals surface area contributed by atoms with Gasteiger partial charge in [0.05, 0.1) is 0 Å². The lowest BCUT2D eigenvalue weighted by atomic mass is 10.3.